The SMILES string of the molecule is O=C1Nc2c(Cl)cc3cc(C(=O)N4CCC(O)(c5ccccc5)CC4)oc3c2C2(CCCCC2)N1. The summed E-state index contributed by atoms with van der Waals surface area (Å²) in [6, 6.07) is 12.9. The van der Waals surface area contributed by atoms with Crippen LogP contribution in [0.4, 0.5) is 10.5 Å². The van der Waals surface area contributed by atoms with Crippen LogP contribution >= 0.6 is 11.6 Å². The minimum absolute atomic E-state index is 0.202. The van der Waals surface area contributed by atoms with Gasteiger partial charge in [0.2, 0.25) is 0 Å². The zero-order valence-corrected chi connectivity index (χ0v) is 20.2. The first-order valence-electron chi connectivity index (χ1n) is 12.3. The summed E-state index contributed by atoms with van der Waals surface area (Å²) in [5, 5.41) is 18.3. The van der Waals surface area contributed by atoms with E-state index < -0.39 is 11.1 Å². The highest BCUT2D eigenvalue weighted by molar-refractivity contribution is 6.35. The number of hydrogen-bond acceptors (Lipinski definition) is 4. The molecule has 1 aromatic heterocycles. The lowest BCUT2D eigenvalue weighted by Crippen LogP contribution is -2.52. The molecule has 3 aromatic rings. The maximum absolute atomic E-state index is 13.4. The van der Waals surface area contributed by atoms with E-state index in [0.29, 0.717) is 42.2 Å². The molecule has 2 aliphatic heterocycles. The van der Waals surface area contributed by atoms with Crippen molar-refractivity contribution in [2.24, 2.45) is 0 Å². The van der Waals surface area contributed by atoms with Crippen molar-refractivity contribution in [1.82, 2.24) is 10.2 Å². The van der Waals surface area contributed by atoms with Crippen LogP contribution in [0.15, 0.2) is 46.9 Å². The number of piperidine rings is 1. The van der Waals surface area contributed by atoms with Crippen molar-refractivity contribution in [2.45, 2.75) is 56.1 Å². The number of rotatable bonds is 2. The molecule has 7 nitrogen and oxygen atoms in total. The Labute approximate surface area is 208 Å². The molecule has 3 heterocycles. The summed E-state index contributed by atoms with van der Waals surface area (Å²) in [5.74, 6) is 0.0455. The predicted octanol–water partition coefficient (Wildman–Crippen LogP) is 5.50. The Morgan fingerprint density at radius 2 is 1.74 bits per heavy atom. The van der Waals surface area contributed by atoms with Crippen molar-refractivity contribution in [3.05, 3.63) is 64.4 Å². The third-order valence-electron chi connectivity index (χ3n) is 7.94. The van der Waals surface area contributed by atoms with Crippen LogP contribution in [0.3, 0.4) is 0 Å². The van der Waals surface area contributed by atoms with Crippen molar-refractivity contribution in [1.29, 1.82) is 0 Å². The Morgan fingerprint density at radius 3 is 2.46 bits per heavy atom. The Bertz CT molecular complexity index is 1300. The first kappa shape index (κ1) is 22.4. The van der Waals surface area contributed by atoms with Crippen molar-refractivity contribution in [2.75, 3.05) is 18.4 Å². The predicted molar refractivity (Wildman–Crippen MR) is 134 cm³/mol. The normalized spacial score (nSPS) is 20.9. The van der Waals surface area contributed by atoms with Crippen LogP contribution in [0.1, 0.15) is 66.6 Å². The van der Waals surface area contributed by atoms with Crippen LogP contribution in [0.25, 0.3) is 11.0 Å². The molecule has 3 aliphatic rings. The molecule has 3 N–H and O–H groups in total. The highest BCUT2D eigenvalue weighted by Crippen LogP contribution is 2.49. The van der Waals surface area contributed by atoms with E-state index in [9.17, 15) is 14.7 Å². The maximum Gasteiger partial charge on any atom is 0.319 e. The van der Waals surface area contributed by atoms with Gasteiger partial charge in [-0.3, -0.25) is 4.79 Å². The number of halogens is 1. The fraction of sp³-hybridized carbons (Fsp3) is 0.407. The average Bonchev–Trinajstić information content (AvgIpc) is 3.28. The largest absolute Gasteiger partial charge is 0.450 e. The van der Waals surface area contributed by atoms with Crippen molar-refractivity contribution >= 4 is 40.2 Å². The van der Waals surface area contributed by atoms with E-state index in [1.807, 2.05) is 30.3 Å². The summed E-state index contributed by atoms with van der Waals surface area (Å²) in [6.07, 6.45) is 5.65. The lowest BCUT2D eigenvalue weighted by molar-refractivity contribution is -0.0217. The molecular weight excluding hydrogens is 466 g/mol. The van der Waals surface area contributed by atoms with Crippen LogP contribution in [0.2, 0.25) is 5.02 Å². The van der Waals surface area contributed by atoms with Gasteiger partial charge in [0, 0.05) is 24.0 Å². The van der Waals surface area contributed by atoms with E-state index >= 15 is 0 Å². The molecule has 3 amide bonds. The monoisotopic (exact) mass is 493 g/mol. The van der Waals surface area contributed by atoms with Crippen LogP contribution in [-0.4, -0.2) is 35.0 Å². The molecule has 0 radical (unpaired) electrons. The van der Waals surface area contributed by atoms with Crippen molar-refractivity contribution in [3.8, 4) is 0 Å². The summed E-state index contributed by atoms with van der Waals surface area (Å²) in [7, 11) is 0. The van der Waals surface area contributed by atoms with E-state index in [0.717, 1.165) is 48.6 Å². The van der Waals surface area contributed by atoms with E-state index in [2.05, 4.69) is 10.6 Å². The van der Waals surface area contributed by atoms with Gasteiger partial charge in [0.25, 0.3) is 5.91 Å². The Morgan fingerprint density at radius 1 is 1.03 bits per heavy atom. The molecule has 1 aliphatic carbocycles. The second-order valence-electron chi connectivity index (χ2n) is 10.0. The van der Waals surface area contributed by atoms with E-state index in [1.165, 1.54) is 0 Å². The van der Waals surface area contributed by atoms with Crippen LogP contribution in [-0.2, 0) is 11.1 Å². The molecule has 0 atom stereocenters. The van der Waals surface area contributed by atoms with Gasteiger partial charge in [-0.15, -0.1) is 0 Å². The number of anilines is 1. The molecule has 2 aromatic carbocycles. The number of fused-ring (bicyclic) bond motifs is 4. The lowest BCUT2D eigenvalue weighted by Gasteiger charge is -2.42. The zero-order chi connectivity index (χ0) is 24.2. The first-order chi connectivity index (χ1) is 16.9. The highest BCUT2D eigenvalue weighted by atomic mass is 35.5. The maximum atomic E-state index is 13.4. The van der Waals surface area contributed by atoms with Gasteiger partial charge in [0.05, 0.1) is 21.8 Å². The molecular formula is C27H28ClN3O4. The van der Waals surface area contributed by atoms with Gasteiger partial charge < -0.3 is 25.1 Å². The quantitative estimate of drug-likeness (QED) is 0.439. The van der Waals surface area contributed by atoms with E-state index in [-0.39, 0.29) is 17.7 Å². The molecule has 182 valence electrons. The van der Waals surface area contributed by atoms with Gasteiger partial charge in [0.1, 0.15) is 5.58 Å². The first-order valence-corrected chi connectivity index (χ1v) is 12.7. The number of likely N-dealkylation sites (tertiary alicyclic amines) is 1. The smallest absolute Gasteiger partial charge is 0.319 e. The number of carbonyl (C=O) groups excluding carboxylic acids is 2. The summed E-state index contributed by atoms with van der Waals surface area (Å²) in [5.41, 5.74) is 1.41. The van der Waals surface area contributed by atoms with Gasteiger partial charge in [-0.2, -0.15) is 0 Å². The van der Waals surface area contributed by atoms with E-state index in [4.69, 9.17) is 16.0 Å². The second kappa shape index (κ2) is 8.28. The van der Waals surface area contributed by atoms with Crippen LogP contribution < -0.4 is 10.6 Å². The van der Waals surface area contributed by atoms with E-state index in [1.54, 1.807) is 17.0 Å². The van der Waals surface area contributed by atoms with Crippen LogP contribution in [0.5, 0.6) is 0 Å². The molecule has 0 bridgehead atoms. The topological polar surface area (TPSA) is 94.8 Å². The number of nitrogens with one attached hydrogen (secondary N) is 2. The summed E-state index contributed by atoms with van der Waals surface area (Å²) in [4.78, 5) is 27.6. The van der Waals surface area contributed by atoms with Gasteiger partial charge >= 0.3 is 6.03 Å². The summed E-state index contributed by atoms with van der Waals surface area (Å²) in [6.45, 7) is 0.864. The standard InChI is InChI=1S/C27H28ClN3O4/c28-19-15-17-16-20(24(32)31-13-11-27(34,12-14-31)18-7-3-1-4-8-18)35-23(17)21-22(19)29-25(33)30-26(21)9-5-2-6-10-26/h1,3-4,7-8,15-16,34H,2,5-6,9-14H2,(H2,29,30,33). The fourth-order valence-corrected chi connectivity index (χ4v) is 6.32. The minimum atomic E-state index is -0.935. The Balaban J connectivity index is 1.32. The summed E-state index contributed by atoms with van der Waals surface area (Å²) < 4.78 is 6.23. The number of nitrogens with zero attached hydrogens (tertiary/aromatic N) is 1. The number of urea groups is 1. The minimum Gasteiger partial charge on any atom is -0.450 e. The average molecular weight is 494 g/mol. The molecule has 1 spiro atoms. The van der Waals surface area contributed by atoms with Crippen molar-refractivity contribution in [3.63, 3.8) is 0 Å². The van der Waals surface area contributed by atoms with Crippen LogP contribution in [0, 0.1) is 0 Å². The van der Waals surface area contributed by atoms with Crippen molar-refractivity contribution < 1.29 is 19.1 Å². The molecule has 1 saturated carbocycles. The zero-order valence-electron chi connectivity index (χ0n) is 19.4. The molecule has 35 heavy (non-hydrogen) atoms. The summed E-state index contributed by atoms with van der Waals surface area (Å²) >= 11 is 6.61. The lowest BCUT2D eigenvalue weighted by atomic mass is 9.74. The number of hydrogen-bond donors (Lipinski definition) is 3. The second-order valence-corrected chi connectivity index (χ2v) is 10.5. The number of aliphatic hydroxyl groups is 1. The van der Waals surface area contributed by atoms with Gasteiger partial charge in [-0.1, -0.05) is 61.2 Å². The molecule has 6 rings (SSSR count). The molecule has 2 fully saturated rings. The van der Waals surface area contributed by atoms with Gasteiger partial charge in [-0.25, -0.2) is 4.79 Å². The number of amides is 3. The van der Waals surface area contributed by atoms with Gasteiger partial charge in [-0.05, 0) is 43.4 Å². The highest BCUT2D eigenvalue weighted by Gasteiger charge is 2.44. The Kier molecular flexibility index (Phi) is 5.31. The van der Waals surface area contributed by atoms with Gasteiger partial charge in [0.15, 0.2) is 5.76 Å². The molecule has 8 heteroatoms. The fourth-order valence-electron chi connectivity index (χ4n) is 6.06. The Hall–Kier alpha value is -3.03. The third-order valence-corrected chi connectivity index (χ3v) is 8.23. The number of benzene rings is 2. The molecule has 0 unspecified atom stereocenters. The number of carbonyl (C=O) groups is 2. The number of furan rings is 1. The third kappa shape index (κ3) is 3.69. The molecule has 1 saturated heterocycles.